The number of halogens is 2. The fraction of sp³-hybridized carbons (Fsp3) is 0.429. The molecule has 1 aromatic carbocycles. The van der Waals surface area contributed by atoms with Gasteiger partial charge in [-0.2, -0.15) is 0 Å². The van der Waals surface area contributed by atoms with Crippen LogP contribution in [-0.4, -0.2) is 28.8 Å². The van der Waals surface area contributed by atoms with Crippen LogP contribution >= 0.6 is 15.9 Å². The Labute approximate surface area is 125 Å². The molecule has 1 aliphatic rings. The number of rotatable bonds is 3. The zero-order chi connectivity index (χ0) is 14.9. The summed E-state index contributed by atoms with van der Waals surface area (Å²) < 4.78 is 13.9. The molecule has 4 nitrogen and oxygen atoms in total. The fourth-order valence-electron chi connectivity index (χ4n) is 2.29. The molecule has 0 aromatic heterocycles. The number of piperazine rings is 1. The molecule has 1 unspecified atom stereocenters. The molecule has 6 heteroatoms. The third kappa shape index (κ3) is 2.44. The molecule has 1 fully saturated rings. The smallest absolute Gasteiger partial charge is 0.246 e. The first kappa shape index (κ1) is 15.0. The van der Waals surface area contributed by atoms with Gasteiger partial charge in [-0.1, -0.05) is 19.1 Å². The average molecular weight is 343 g/mol. The fourth-order valence-corrected chi connectivity index (χ4v) is 2.68. The van der Waals surface area contributed by atoms with Crippen LogP contribution in [0.1, 0.15) is 25.8 Å². The number of nitrogens with one attached hydrogen (secondary N) is 1. The first-order chi connectivity index (χ1) is 9.40. The summed E-state index contributed by atoms with van der Waals surface area (Å²) >= 11 is 3.19. The summed E-state index contributed by atoms with van der Waals surface area (Å²) in [5, 5.41) is 2.60. The maximum absolute atomic E-state index is 13.6. The summed E-state index contributed by atoms with van der Waals surface area (Å²) in [5.74, 6) is -0.716. The van der Waals surface area contributed by atoms with E-state index in [9.17, 15) is 14.0 Å². The van der Waals surface area contributed by atoms with Crippen molar-refractivity contribution in [3.8, 4) is 0 Å². The maximum atomic E-state index is 13.6. The first-order valence-electron chi connectivity index (χ1n) is 6.41. The van der Waals surface area contributed by atoms with E-state index in [1.54, 1.807) is 19.1 Å². The van der Waals surface area contributed by atoms with E-state index in [4.69, 9.17) is 0 Å². The molecule has 2 rings (SSSR count). The summed E-state index contributed by atoms with van der Waals surface area (Å²) in [6.07, 6.45) is 0.498. The quantitative estimate of drug-likeness (QED) is 0.915. The van der Waals surface area contributed by atoms with E-state index in [2.05, 4.69) is 21.2 Å². The number of amides is 2. The van der Waals surface area contributed by atoms with Crippen molar-refractivity contribution in [2.75, 3.05) is 6.54 Å². The van der Waals surface area contributed by atoms with Crippen LogP contribution in [-0.2, 0) is 16.1 Å². The highest BCUT2D eigenvalue weighted by atomic mass is 79.9. The van der Waals surface area contributed by atoms with Gasteiger partial charge < -0.3 is 10.2 Å². The van der Waals surface area contributed by atoms with Crippen molar-refractivity contribution in [1.29, 1.82) is 0 Å². The number of benzene rings is 1. The number of hydrogen-bond acceptors (Lipinski definition) is 2. The lowest BCUT2D eigenvalue weighted by molar-refractivity contribution is -0.153. The SMILES string of the molecule is CCC1(C)C(=O)NCC(=O)N1Cc1cccc(F)c1Br. The van der Waals surface area contributed by atoms with Crippen molar-refractivity contribution in [1.82, 2.24) is 10.2 Å². The largest absolute Gasteiger partial charge is 0.345 e. The Bertz CT molecular complexity index is 564. The molecule has 0 spiro atoms. The van der Waals surface area contributed by atoms with Crippen LogP contribution < -0.4 is 5.32 Å². The molecule has 1 saturated heterocycles. The Hall–Kier alpha value is -1.43. The Morgan fingerprint density at radius 1 is 1.45 bits per heavy atom. The predicted octanol–water partition coefficient (Wildman–Crippen LogP) is 2.22. The Morgan fingerprint density at radius 3 is 2.80 bits per heavy atom. The molecule has 20 heavy (non-hydrogen) atoms. The molecule has 0 aliphatic carbocycles. The summed E-state index contributed by atoms with van der Waals surface area (Å²) in [6, 6.07) is 4.67. The van der Waals surface area contributed by atoms with Crippen molar-refractivity contribution >= 4 is 27.7 Å². The molecule has 0 bridgehead atoms. The Morgan fingerprint density at radius 2 is 2.15 bits per heavy atom. The maximum Gasteiger partial charge on any atom is 0.246 e. The van der Waals surface area contributed by atoms with Gasteiger partial charge in [0.1, 0.15) is 11.4 Å². The van der Waals surface area contributed by atoms with E-state index in [1.807, 2.05) is 6.92 Å². The standard InChI is InChI=1S/C14H16BrFN2O2/c1-3-14(2)13(20)17-7-11(19)18(14)8-9-5-4-6-10(16)12(9)15/h4-6H,3,7-8H2,1-2H3,(H,17,20). The van der Waals surface area contributed by atoms with Crippen LogP contribution in [0.25, 0.3) is 0 Å². The molecule has 1 heterocycles. The first-order valence-corrected chi connectivity index (χ1v) is 7.21. The van der Waals surface area contributed by atoms with Gasteiger partial charge in [-0.25, -0.2) is 4.39 Å². The van der Waals surface area contributed by atoms with E-state index >= 15 is 0 Å². The van der Waals surface area contributed by atoms with Gasteiger partial charge >= 0.3 is 0 Å². The highest BCUT2D eigenvalue weighted by Gasteiger charge is 2.44. The topological polar surface area (TPSA) is 49.4 Å². The van der Waals surface area contributed by atoms with Gasteiger partial charge in [0.2, 0.25) is 11.8 Å². The minimum Gasteiger partial charge on any atom is -0.345 e. The Kier molecular flexibility index (Phi) is 4.13. The molecule has 2 amide bonds. The zero-order valence-corrected chi connectivity index (χ0v) is 13.0. The molecule has 0 saturated carbocycles. The summed E-state index contributed by atoms with van der Waals surface area (Å²) in [4.78, 5) is 25.7. The third-order valence-corrected chi connectivity index (χ3v) is 4.72. The van der Waals surface area contributed by atoms with E-state index in [0.717, 1.165) is 0 Å². The number of nitrogens with zero attached hydrogens (tertiary/aromatic N) is 1. The van der Waals surface area contributed by atoms with Gasteiger partial charge in [0.05, 0.1) is 11.0 Å². The normalized spacial score (nSPS) is 22.9. The molecule has 1 atom stereocenters. The Balaban J connectivity index is 2.36. The highest BCUT2D eigenvalue weighted by molar-refractivity contribution is 9.10. The highest BCUT2D eigenvalue weighted by Crippen LogP contribution is 2.28. The second-order valence-corrected chi connectivity index (χ2v) is 5.80. The monoisotopic (exact) mass is 342 g/mol. The molecular weight excluding hydrogens is 327 g/mol. The van der Waals surface area contributed by atoms with Gasteiger partial charge in [0.15, 0.2) is 0 Å². The summed E-state index contributed by atoms with van der Waals surface area (Å²) in [6.45, 7) is 3.77. The lowest BCUT2D eigenvalue weighted by Gasteiger charge is -2.43. The average Bonchev–Trinajstić information content (AvgIpc) is 2.43. The van der Waals surface area contributed by atoms with E-state index in [0.29, 0.717) is 16.5 Å². The zero-order valence-electron chi connectivity index (χ0n) is 11.4. The van der Waals surface area contributed by atoms with Crippen LogP contribution in [0.15, 0.2) is 22.7 Å². The third-order valence-electron chi connectivity index (χ3n) is 3.83. The van der Waals surface area contributed by atoms with Gasteiger partial charge in [-0.05, 0) is 40.9 Å². The van der Waals surface area contributed by atoms with Crippen LogP contribution in [0, 0.1) is 5.82 Å². The molecule has 1 aromatic rings. The van der Waals surface area contributed by atoms with Gasteiger partial charge in [0, 0.05) is 6.54 Å². The van der Waals surface area contributed by atoms with E-state index in [1.165, 1.54) is 11.0 Å². The van der Waals surface area contributed by atoms with Crippen molar-refractivity contribution in [3.05, 3.63) is 34.1 Å². The van der Waals surface area contributed by atoms with Crippen LogP contribution in [0.5, 0.6) is 0 Å². The second kappa shape index (κ2) is 5.52. The number of hydrogen-bond donors (Lipinski definition) is 1. The van der Waals surface area contributed by atoms with Crippen LogP contribution in [0.4, 0.5) is 4.39 Å². The minimum atomic E-state index is -0.902. The predicted molar refractivity (Wildman–Crippen MR) is 76.4 cm³/mol. The van der Waals surface area contributed by atoms with Crippen LogP contribution in [0.3, 0.4) is 0 Å². The van der Waals surface area contributed by atoms with Crippen molar-refractivity contribution in [2.45, 2.75) is 32.4 Å². The van der Waals surface area contributed by atoms with E-state index in [-0.39, 0.29) is 30.7 Å². The minimum absolute atomic E-state index is 0.0125. The van der Waals surface area contributed by atoms with Gasteiger partial charge in [0.25, 0.3) is 0 Å². The number of carbonyl (C=O) groups excluding carboxylic acids is 2. The van der Waals surface area contributed by atoms with Gasteiger partial charge in [-0.15, -0.1) is 0 Å². The molecular formula is C14H16BrFN2O2. The molecule has 0 radical (unpaired) electrons. The van der Waals surface area contributed by atoms with Crippen molar-refractivity contribution in [3.63, 3.8) is 0 Å². The summed E-state index contributed by atoms with van der Waals surface area (Å²) in [7, 11) is 0. The van der Waals surface area contributed by atoms with Crippen LogP contribution in [0.2, 0.25) is 0 Å². The summed E-state index contributed by atoms with van der Waals surface area (Å²) in [5.41, 5.74) is -0.256. The number of carbonyl (C=O) groups is 2. The van der Waals surface area contributed by atoms with Crippen molar-refractivity contribution in [2.24, 2.45) is 0 Å². The molecule has 108 valence electrons. The van der Waals surface area contributed by atoms with Crippen molar-refractivity contribution < 1.29 is 14.0 Å². The molecule has 1 aliphatic heterocycles. The molecule has 1 N–H and O–H groups in total. The second-order valence-electron chi connectivity index (χ2n) is 5.00. The lowest BCUT2D eigenvalue weighted by atomic mass is 9.92. The van der Waals surface area contributed by atoms with Gasteiger partial charge in [-0.3, -0.25) is 9.59 Å². The lowest BCUT2D eigenvalue weighted by Crippen LogP contribution is -2.65. The van der Waals surface area contributed by atoms with E-state index < -0.39 is 5.54 Å².